The highest BCUT2D eigenvalue weighted by Gasteiger charge is 2.33. The van der Waals surface area contributed by atoms with Crippen LogP contribution in [-0.2, 0) is 25.6 Å². The summed E-state index contributed by atoms with van der Waals surface area (Å²) in [7, 11) is 0. The summed E-state index contributed by atoms with van der Waals surface area (Å²) in [4.78, 5) is 42.5. The largest absolute Gasteiger partial charge is 0.508 e. The predicted molar refractivity (Wildman–Crippen MR) is 207 cm³/mol. The number of hydrogen-bond donors (Lipinski definition) is 5. The van der Waals surface area contributed by atoms with Crippen LogP contribution in [0.5, 0.6) is 17.2 Å². The average molecular weight is 795 g/mol. The normalized spacial score (nSPS) is 18.3. The zero-order valence-electron chi connectivity index (χ0n) is 30.9. The van der Waals surface area contributed by atoms with Gasteiger partial charge in [-0.25, -0.2) is 23.6 Å². The molecule has 0 amide bonds. The topological polar surface area (TPSA) is 194 Å². The van der Waals surface area contributed by atoms with E-state index in [0.29, 0.717) is 24.8 Å². The van der Waals surface area contributed by atoms with Crippen molar-refractivity contribution in [3.05, 3.63) is 77.6 Å². The lowest BCUT2D eigenvalue weighted by Gasteiger charge is -2.37. The molecule has 0 radical (unpaired) electrons. The number of carbonyl (C=O) groups is 4. The van der Waals surface area contributed by atoms with Gasteiger partial charge in [0.05, 0.1) is 0 Å². The van der Waals surface area contributed by atoms with Crippen molar-refractivity contribution in [1.29, 1.82) is 0 Å². The molecule has 1 aliphatic carbocycles. The van der Waals surface area contributed by atoms with Crippen LogP contribution in [0, 0.1) is 5.82 Å². The Kier molecular flexibility index (Phi) is 15.0. The van der Waals surface area contributed by atoms with Gasteiger partial charge < -0.3 is 35.0 Å². The zero-order valence-corrected chi connectivity index (χ0v) is 31.7. The molecular weight excluding hydrogens is 748 g/mol. The fraction of sp³-hybridized carbons (Fsp3) is 0.415. The van der Waals surface area contributed by atoms with Gasteiger partial charge in [0.15, 0.2) is 11.6 Å². The Morgan fingerprint density at radius 2 is 1.38 bits per heavy atom. The highest BCUT2D eigenvalue weighted by Crippen LogP contribution is 2.42. The number of carboxylic acids is 4. The van der Waals surface area contributed by atoms with Crippen molar-refractivity contribution in [2.24, 2.45) is 0 Å². The number of ether oxygens (including phenoxy) is 2. The molecule has 3 aromatic carbocycles. The second-order valence-corrected chi connectivity index (χ2v) is 15.0. The molecule has 5 N–H and O–H groups in total. The van der Waals surface area contributed by atoms with Gasteiger partial charge in [0.2, 0.25) is 0 Å². The number of rotatable bonds is 10. The van der Waals surface area contributed by atoms with Gasteiger partial charge in [-0.1, -0.05) is 12.5 Å². The smallest absolute Gasteiger partial charge is 0.414 e. The molecule has 13 nitrogen and oxygen atoms in total. The van der Waals surface area contributed by atoms with E-state index in [1.807, 2.05) is 36.4 Å². The Balaban J connectivity index is 0.000000437. The molecule has 2 atom stereocenters. The Bertz CT molecular complexity index is 1930. The molecule has 0 bridgehead atoms. The molecule has 4 aromatic rings. The van der Waals surface area contributed by atoms with E-state index in [9.17, 15) is 5.11 Å². The number of phenolic OH excluding ortho intramolecular Hbond substituents is 1. The number of aromatic hydroxyl groups is 1. The van der Waals surface area contributed by atoms with Gasteiger partial charge in [-0.15, -0.1) is 11.3 Å². The van der Waals surface area contributed by atoms with Gasteiger partial charge in [-0.2, -0.15) is 0 Å². The summed E-state index contributed by atoms with van der Waals surface area (Å²) in [6.45, 7) is 6.27. The first-order chi connectivity index (χ1) is 26.9. The lowest BCUT2D eigenvalue weighted by atomic mass is 9.91. The Morgan fingerprint density at radius 3 is 2.00 bits per heavy atom. The van der Waals surface area contributed by atoms with Gasteiger partial charge in [0, 0.05) is 22.2 Å². The lowest BCUT2D eigenvalue weighted by molar-refractivity contribution is -0.159. The molecule has 0 unspecified atom stereocenters. The molecule has 3 fully saturated rings. The fourth-order valence-corrected chi connectivity index (χ4v) is 8.63. The van der Waals surface area contributed by atoms with Crippen LogP contribution in [-0.4, -0.2) is 111 Å². The standard InChI is InChI=1S/C37H43FN2O3S.2C2H2O4/c38-32-24-26(9-16-34(32)43-35-8-2-1-7-33(35)40-19-5-6-20-40)23-31-30-15-12-28(41)25-36(30)44-37(31)27-10-13-29(14-11-27)42-22-21-39-17-3-4-18-39;2*3-1(4)2(5)6/h9-16,24-25,33,35,41H,1-8,17-23H2;2*(H,3,4)(H,5,6)/t33-,35-;;/m1../s1. The molecule has 2 saturated heterocycles. The van der Waals surface area contributed by atoms with Gasteiger partial charge in [0.1, 0.15) is 24.2 Å². The average Bonchev–Trinajstić information content (AvgIpc) is 3.97. The van der Waals surface area contributed by atoms with E-state index in [4.69, 9.17) is 49.1 Å². The number of hydrogen-bond acceptors (Lipinski definition) is 10. The quantitative estimate of drug-likeness (QED) is 0.108. The number of likely N-dealkylation sites (tertiary alicyclic amines) is 2. The van der Waals surface area contributed by atoms with E-state index in [0.717, 1.165) is 76.3 Å². The first-order valence-electron chi connectivity index (χ1n) is 18.7. The first-order valence-corrected chi connectivity index (χ1v) is 19.5. The highest BCUT2D eigenvalue weighted by atomic mass is 32.1. The molecule has 15 heteroatoms. The molecule has 0 spiro atoms. The van der Waals surface area contributed by atoms with Gasteiger partial charge in [-0.3, -0.25) is 9.80 Å². The molecule has 3 aliphatic rings. The summed E-state index contributed by atoms with van der Waals surface area (Å²) in [6, 6.07) is 19.7. The Morgan fingerprint density at radius 1 is 0.750 bits per heavy atom. The van der Waals surface area contributed by atoms with E-state index in [1.165, 1.54) is 45.2 Å². The van der Waals surface area contributed by atoms with Crippen LogP contribution >= 0.6 is 11.3 Å². The van der Waals surface area contributed by atoms with Crippen molar-refractivity contribution in [1.82, 2.24) is 9.80 Å². The third kappa shape index (κ3) is 11.6. The monoisotopic (exact) mass is 794 g/mol. The predicted octanol–water partition coefficient (Wildman–Crippen LogP) is 6.58. The maximum absolute atomic E-state index is 15.6. The van der Waals surface area contributed by atoms with Crippen molar-refractivity contribution in [2.75, 3.05) is 39.3 Å². The van der Waals surface area contributed by atoms with E-state index < -0.39 is 23.9 Å². The number of benzene rings is 3. The van der Waals surface area contributed by atoms with Crippen LogP contribution in [0.1, 0.15) is 62.5 Å². The molecule has 3 heterocycles. The van der Waals surface area contributed by atoms with Crippen molar-refractivity contribution in [2.45, 2.75) is 69.9 Å². The Labute approximate surface area is 327 Å². The van der Waals surface area contributed by atoms with Crippen LogP contribution in [0.2, 0.25) is 0 Å². The summed E-state index contributed by atoms with van der Waals surface area (Å²) in [5.41, 5.74) is 3.14. The SMILES string of the molecule is O=C(O)C(=O)O.O=C(O)C(=O)O.Oc1ccc2c(Cc3ccc(O[C@@H]4CCCC[C@H]4N4CCCC4)c(F)c3)c(-c3ccc(OCCN4CCCC4)cc3)sc2c1. The van der Waals surface area contributed by atoms with Crippen LogP contribution in [0.15, 0.2) is 60.7 Å². The lowest BCUT2D eigenvalue weighted by Crippen LogP contribution is -2.46. The number of nitrogens with zero attached hydrogens (tertiary/aromatic N) is 2. The van der Waals surface area contributed by atoms with Crippen LogP contribution in [0.25, 0.3) is 20.5 Å². The van der Waals surface area contributed by atoms with E-state index >= 15 is 4.39 Å². The number of fused-ring (bicyclic) bond motifs is 1. The van der Waals surface area contributed by atoms with Crippen LogP contribution < -0.4 is 9.47 Å². The number of thiophene rings is 1. The molecule has 2 aliphatic heterocycles. The number of carboxylic acid groups (broad SMARTS) is 4. The van der Waals surface area contributed by atoms with E-state index in [-0.39, 0.29) is 17.7 Å². The second-order valence-electron chi connectivity index (χ2n) is 13.9. The first kappa shape index (κ1) is 41.9. The zero-order chi connectivity index (χ0) is 40.2. The minimum atomic E-state index is -1.82. The van der Waals surface area contributed by atoms with E-state index in [1.54, 1.807) is 23.5 Å². The highest BCUT2D eigenvalue weighted by molar-refractivity contribution is 7.22. The van der Waals surface area contributed by atoms with E-state index in [2.05, 4.69) is 21.9 Å². The van der Waals surface area contributed by atoms with Gasteiger partial charge in [0.25, 0.3) is 0 Å². The molecule has 7 rings (SSSR count). The van der Waals surface area contributed by atoms with Gasteiger partial charge in [-0.05, 0) is 154 Å². The third-order valence-corrected chi connectivity index (χ3v) is 11.3. The van der Waals surface area contributed by atoms with Gasteiger partial charge >= 0.3 is 23.9 Å². The summed E-state index contributed by atoms with van der Waals surface area (Å²) in [6.07, 6.45) is 10.2. The van der Waals surface area contributed by atoms with Crippen molar-refractivity contribution in [3.8, 4) is 27.7 Å². The number of aliphatic carboxylic acids is 4. The van der Waals surface area contributed by atoms with Crippen molar-refractivity contribution < 1.29 is 58.6 Å². The molecule has 1 aromatic heterocycles. The van der Waals surface area contributed by atoms with Crippen molar-refractivity contribution in [3.63, 3.8) is 0 Å². The minimum absolute atomic E-state index is 0.0504. The molecule has 300 valence electrons. The van der Waals surface area contributed by atoms with Crippen molar-refractivity contribution >= 4 is 45.3 Å². The maximum Gasteiger partial charge on any atom is 0.414 e. The maximum atomic E-state index is 15.6. The summed E-state index contributed by atoms with van der Waals surface area (Å²) in [5.74, 6) is -6.10. The molecule has 56 heavy (non-hydrogen) atoms. The molecule has 1 saturated carbocycles. The minimum Gasteiger partial charge on any atom is -0.508 e. The number of phenols is 1. The fourth-order valence-electron chi connectivity index (χ4n) is 7.37. The third-order valence-electron chi connectivity index (χ3n) is 10.1. The van der Waals surface area contributed by atoms with Crippen LogP contribution in [0.3, 0.4) is 0 Å². The Hall–Kier alpha value is -5.25. The second kappa shape index (κ2) is 20.1. The summed E-state index contributed by atoms with van der Waals surface area (Å²) < 4.78 is 29.0. The van der Waals surface area contributed by atoms with Crippen LogP contribution in [0.4, 0.5) is 4.39 Å². The summed E-state index contributed by atoms with van der Waals surface area (Å²) in [5, 5.41) is 40.9. The number of halogens is 1. The molecular formula is C41H47FN2O11S. The summed E-state index contributed by atoms with van der Waals surface area (Å²) >= 11 is 1.66.